The fraction of sp³-hybridized carbons (Fsp3) is 0.0909. The lowest BCUT2D eigenvalue weighted by Gasteiger charge is -2.09. The van der Waals surface area contributed by atoms with Gasteiger partial charge in [-0.05, 0) is 19.1 Å². The second-order valence-electron chi connectivity index (χ2n) is 3.86. The van der Waals surface area contributed by atoms with E-state index in [1.54, 1.807) is 0 Å². The highest BCUT2D eigenvalue weighted by molar-refractivity contribution is 5.50. The van der Waals surface area contributed by atoms with Crippen LogP contribution in [0, 0.1) is 28.7 Å². The average molecular weight is 297 g/mol. The molecule has 1 aromatic heterocycles. The fourth-order valence-electron chi connectivity index (χ4n) is 1.55. The van der Waals surface area contributed by atoms with Crippen LogP contribution in [0.2, 0.25) is 0 Å². The van der Waals surface area contributed by atoms with Crippen LogP contribution in [-0.2, 0) is 0 Å². The first-order valence-corrected chi connectivity index (χ1v) is 5.55. The highest BCUT2D eigenvalue weighted by Gasteiger charge is 2.25. The molecule has 3 N–H and O–H groups in total. The molecule has 0 spiro atoms. The van der Waals surface area contributed by atoms with E-state index in [1.807, 2.05) is 0 Å². The van der Waals surface area contributed by atoms with E-state index < -0.39 is 33.9 Å². The summed E-state index contributed by atoms with van der Waals surface area (Å²) in [6, 6.07) is 2.51. The zero-order valence-electron chi connectivity index (χ0n) is 10.6. The first kappa shape index (κ1) is 14.5. The van der Waals surface area contributed by atoms with Gasteiger partial charge in [0.25, 0.3) is 0 Å². The Morgan fingerprint density at radius 1 is 1.38 bits per heavy atom. The van der Waals surface area contributed by atoms with Gasteiger partial charge in [-0.1, -0.05) is 0 Å². The number of hydrazine groups is 1. The van der Waals surface area contributed by atoms with Gasteiger partial charge in [0.05, 0.1) is 4.92 Å². The molecule has 10 heteroatoms. The molecule has 21 heavy (non-hydrogen) atoms. The molecule has 8 nitrogen and oxygen atoms in total. The molecule has 0 aliphatic heterocycles. The van der Waals surface area contributed by atoms with E-state index >= 15 is 0 Å². The van der Waals surface area contributed by atoms with E-state index in [0.717, 1.165) is 12.1 Å². The molecule has 1 heterocycles. The predicted octanol–water partition coefficient (Wildman–Crippen LogP) is 2.05. The summed E-state index contributed by atoms with van der Waals surface area (Å²) in [4.78, 5) is 17.6. The van der Waals surface area contributed by atoms with Crippen LogP contribution in [0.4, 0.5) is 20.4 Å². The Bertz CT molecular complexity index is 710. The van der Waals surface area contributed by atoms with Crippen molar-refractivity contribution < 1.29 is 18.4 Å². The Hall–Kier alpha value is -2.88. The number of nitrogens with zero attached hydrogens (tertiary/aromatic N) is 3. The highest BCUT2D eigenvalue weighted by atomic mass is 19.1. The molecular weight excluding hydrogens is 288 g/mol. The van der Waals surface area contributed by atoms with Gasteiger partial charge >= 0.3 is 11.6 Å². The highest BCUT2D eigenvalue weighted by Crippen LogP contribution is 2.33. The normalized spacial score (nSPS) is 10.3. The second-order valence-corrected chi connectivity index (χ2v) is 3.86. The maximum atomic E-state index is 13.5. The monoisotopic (exact) mass is 297 g/mol. The lowest BCUT2D eigenvalue weighted by atomic mass is 10.3. The Balaban J connectivity index is 2.51. The van der Waals surface area contributed by atoms with Gasteiger partial charge in [-0.15, -0.1) is 0 Å². The van der Waals surface area contributed by atoms with Crippen molar-refractivity contribution in [3.05, 3.63) is 45.6 Å². The number of hydrogen-bond donors (Lipinski definition) is 2. The summed E-state index contributed by atoms with van der Waals surface area (Å²) in [7, 11) is 0. The van der Waals surface area contributed by atoms with Crippen LogP contribution in [0.5, 0.6) is 11.6 Å². The Morgan fingerprint density at radius 3 is 2.67 bits per heavy atom. The molecule has 2 aromatic rings. The number of halogens is 2. The largest absolute Gasteiger partial charge is 0.430 e. The molecule has 0 saturated heterocycles. The Labute approximate surface area is 116 Å². The topological polar surface area (TPSA) is 116 Å². The number of hydrogen-bond acceptors (Lipinski definition) is 7. The maximum Gasteiger partial charge on any atom is 0.352 e. The number of aromatic nitrogens is 2. The van der Waals surface area contributed by atoms with E-state index in [2.05, 4.69) is 15.4 Å². The molecule has 0 aliphatic carbocycles. The minimum absolute atomic E-state index is 0.0273. The van der Waals surface area contributed by atoms with E-state index in [1.165, 1.54) is 6.92 Å². The third-order valence-corrected chi connectivity index (χ3v) is 2.44. The summed E-state index contributed by atoms with van der Waals surface area (Å²) in [5, 5.41) is 11.0. The third-order valence-electron chi connectivity index (χ3n) is 2.44. The van der Waals surface area contributed by atoms with Gasteiger partial charge in [0, 0.05) is 6.07 Å². The van der Waals surface area contributed by atoms with Crippen LogP contribution in [0.25, 0.3) is 0 Å². The number of nitrogens with two attached hydrogens (primary N) is 1. The number of aryl methyl sites for hydroxylation is 1. The van der Waals surface area contributed by atoms with Crippen LogP contribution in [0.3, 0.4) is 0 Å². The van der Waals surface area contributed by atoms with Crippen LogP contribution < -0.4 is 16.0 Å². The van der Waals surface area contributed by atoms with Gasteiger partial charge in [-0.2, -0.15) is 4.98 Å². The smallest absolute Gasteiger partial charge is 0.352 e. The molecule has 0 atom stereocenters. The van der Waals surface area contributed by atoms with Crippen molar-refractivity contribution in [1.29, 1.82) is 0 Å². The summed E-state index contributed by atoms with van der Waals surface area (Å²) in [5.41, 5.74) is 1.53. The molecular formula is C11H9F2N5O3. The van der Waals surface area contributed by atoms with Crippen LogP contribution in [0.15, 0.2) is 18.2 Å². The van der Waals surface area contributed by atoms with Crippen molar-refractivity contribution in [2.75, 3.05) is 5.43 Å². The van der Waals surface area contributed by atoms with Crippen LogP contribution in [-0.4, -0.2) is 14.9 Å². The average Bonchev–Trinajstić information content (AvgIpc) is 2.40. The van der Waals surface area contributed by atoms with Crippen molar-refractivity contribution in [1.82, 2.24) is 9.97 Å². The van der Waals surface area contributed by atoms with E-state index in [4.69, 9.17) is 10.6 Å². The number of nitrogens with one attached hydrogen (secondary N) is 1. The Kier molecular flexibility index (Phi) is 3.89. The molecule has 0 bridgehead atoms. The maximum absolute atomic E-state index is 13.5. The van der Waals surface area contributed by atoms with E-state index in [9.17, 15) is 18.9 Å². The molecule has 0 aliphatic rings. The SMILES string of the molecule is Cc1nc(NN)nc(Oc2ccc(F)cc2F)c1[N+](=O)[O-]. The minimum atomic E-state index is -1.03. The summed E-state index contributed by atoms with van der Waals surface area (Å²) < 4.78 is 31.4. The predicted molar refractivity (Wildman–Crippen MR) is 67.7 cm³/mol. The lowest BCUT2D eigenvalue weighted by Crippen LogP contribution is -2.13. The third kappa shape index (κ3) is 3.00. The summed E-state index contributed by atoms with van der Waals surface area (Å²) in [5.74, 6) is 2.23. The zero-order valence-corrected chi connectivity index (χ0v) is 10.6. The molecule has 2 rings (SSSR count). The van der Waals surface area contributed by atoms with Gasteiger partial charge < -0.3 is 4.74 Å². The van der Waals surface area contributed by atoms with E-state index in [-0.39, 0.29) is 11.6 Å². The lowest BCUT2D eigenvalue weighted by molar-refractivity contribution is -0.386. The standard InChI is InChI=1S/C11H9F2N5O3/c1-5-9(18(19)20)10(16-11(15-5)17-14)21-8-3-2-6(12)4-7(8)13/h2-4H,14H2,1H3,(H,15,16,17). The van der Waals surface area contributed by atoms with Crippen molar-refractivity contribution in [3.63, 3.8) is 0 Å². The van der Waals surface area contributed by atoms with E-state index in [0.29, 0.717) is 6.07 Å². The Morgan fingerprint density at radius 2 is 2.10 bits per heavy atom. The molecule has 0 amide bonds. The molecule has 0 radical (unpaired) electrons. The van der Waals surface area contributed by atoms with Gasteiger partial charge in [0.2, 0.25) is 5.95 Å². The number of benzene rings is 1. The van der Waals surface area contributed by atoms with Crippen molar-refractivity contribution in [2.45, 2.75) is 6.92 Å². The van der Waals surface area contributed by atoms with Crippen molar-refractivity contribution in [2.24, 2.45) is 5.84 Å². The first-order valence-electron chi connectivity index (χ1n) is 5.55. The zero-order chi connectivity index (χ0) is 15.6. The van der Waals surface area contributed by atoms with Gasteiger partial charge in [0.1, 0.15) is 11.5 Å². The van der Waals surface area contributed by atoms with Crippen LogP contribution in [0.1, 0.15) is 5.69 Å². The first-order chi connectivity index (χ1) is 9.92. The number of nitro groups is 1. The number of nitrogen functional groups attached to an aromatic ring is 1. The van der Waals surface area contributed by atoms with Gasteiger partial charge in [0.15, 0.2) is 11.6 Å². The van der Waals surface area contributed by atoms with Crippen molar-refractivity contribution in [3.8, 4) is 11.6 Å². The number of anilines is 1. The number of rotatable bonds is 4. The van der Waals surface area contributed by atoms with Crippen LogP contribution >= 0.6 is 0 Å². The molecule has 1 aromatic carbocycles. The number of ether oxygens (including phenoxy) is 1. The summed E-state index contributed by atoms with van der Waals surface area (Å²) in [6.07, 6.45) is 0. The quantitative estimate of drug-likeness (QED) is 0.504. The van der Waals surface area contributed by atoms with Crippen molar-refractivity contribution >= 4 is 11.6 Å². The second kappa shape index (κ2) is 5.63. The molecule has 0 fully saturated rings. The molecule has 0 saturated carbocycles. The van der Waals surface area contributed by atoms with Gasteiger partial charge in [-0.3, -0.25) is 15.5 Å². The summed E-state index contributed by atoms with van der Waals surface area (Å²) >= 11 is 0. The molecule has 0 unspecified atom stereocenters. The molecule has 110 valence electrons. The minimum Gasteiger partial charge on any atom is -0.430 e. The van der Waals surface area contributed by atoms with Gasteiger partial charge in [-0.25, -0.2) is 19.6 Å². The fourth-order valence-corrected chi connectivity index (χ4v) is 1.55. The summed E-state index contributed by atoms with van der Waals surface area (Å²) in [6.45, 7) is 1.34.